The van der Waals surface area contributed by atoms with Crippen molar-refractivity contribution >= 4 is 17.5 Å². The van der Waals surface area contributed by atoms with Crippen molar-refractivity contribution in [2.24, 2.45) is 0 Å². The number of carbonyl (C=O) groups is 2. The van der Waals surface area contributed by atoms with Crippen LogP contribution in [0.3, 0.4) is 0 Å². The van der Waals surface area contributed by atoms with E-state index in [0.717, 1.165) is 87.1 Å². The Hall–Kier alpha value is -2.63. The SMILES string of the molecule is CCc1cccc(CC)c1NC(=O)c1nc(C(=O)N2CCCC2)n2c1CCCC2. The minimum atomic E-state index is -0.202. The number of nitrogens with zero attached hydrogens (tertiary/aromatic N) is 3. The topological polar surface area (TPSA) is 67.2 Å². The molecule has 1 saturated heterocycles. The molecule has 6 nitrogen and oxygen atoms in total. The average molecular weight is 395 g/mol. The van der Waals surface area contributed by atoms with E-state index in [1.807, 2.05) is 15.5 Å². The second-order valence-corrected chi connectivity index (χ2v) is 7.95. The van der Waals surface area contributed by atoms with Crippen LogP contribution in [-0.4, -0.2) is 39.4 Å². The standard InChI is InChI=1S/C23H30N4O2/c1-3-16-10-9-11-17(4-2)19(16)25-22(28)20-18-12-5-6-15-27(18)21(24-20)23(29)26-13-7-8-14-26/h9-11H,3-8,12-15H2,1-2H3,(H,25,28). The predicted octanol–water partition coefficient (Wildman–Crippen LogP) is 3.83. The molecule has 1 aromatic heterocycles. The first-order valence-electron chi connectivity index (χ1n) is 10.9. The summed E-state index contributed by atoms with van der Waals surface area (Å²) in [6, 6.07) is 6.15. The highest BCUT2D eigenvalue weighted by Gasteiger charge is 2.31. The summed E-state index contributed by atoms with van der Waals surface area (Å²) >= 11 is 0. The Morgan fingerprint density at radius 3 is 2.31 bits per heavy atom. The Morgan fingerprint density at radius 1 is 1.00 bits per heavy atom. The van der Waals surface area contributed by atoms with Crippen molar-refractivity contribution in [1.82, 2.24) is 14.5 Å². The normalized spacial score (nSPS) is 16.0. The Labute approximate surface area is 172 Å². The van der Waals surface area contributed by atoms with Crippen molar-refractivity contribution in [3.8, 4) is 0 Å². The van der Waals surface area contributed by atoms with E-state index in [1.54, 1.807) is 0 Å². The fourth-order valence-corrected chi connectivity index (χ4v) is 4.53. The molecule has 6 heteroatoms. The molecule has 3 heterocycles. The monoisotopic (exact) mass is 394 g/mol. The summed E-state index contributed by atoms with van der Waals surface area (Å²) in [7, 11) is 0. The van der Waals surface area contributed by atoms with E-state index in [-0.39, 0.29) is 11.8 Å². The van der Waals surface area contributed by atoms with Gasteiger partial charge in [0.2, 0.25) is 0 Å². The lowest BCUT2D eigenvalue weighted by molar-refractivity contribution is 0.0774. The minimum Gasteiger partial charge on any atom is -0.336 e. The highest BCUT2D eigenvalue weighted by molar-refractivity contribution is 6.05. The molecule has 1 N–H and O–H groups in total. The summed E-state index contributed by atoms with van der Waals surface area (Å²) in [6.45, 7) is 6.51. The second-order valence-electron chi connectivity index (χ2n) is 7.95. The molecule has 0 aliphatic carbocycles. The van der Waals surface area contributed by atoms with Crippen LogP contribution in [0.2, 0.25) is 0 Å². The van der Waals surface area contributed by atoms with E-state index in [0.29, 0.717) is 11.5 Å². The van der Waals surface area contributed by atoms with Crippen molar-refractivity contribution in [2.75, 3.05) is 18.4 Å². The number of aromatic nitrogens is 2. The van der Waals surface area contributed by atoms with Gasteiger partial charge in [-0.3, -0.25) is 9.59 Å². The number of imidazole rings is 1. The van der Waals surface area contributed by atoms with Crippen molar-refractivity contribution in [2.45, 2.75) is 65.3 Å². The average Bonchev–Trinajstić information content (AvgIpc) is 3.42. The van der Waals surface area contributed by atoms with Crippen molar-refractivity contribution in [3.63, 3.8) is 0 Å². The molecule has 4 rings (SSSR count). The first-order valence-corrected chi connectivity index (χ1v) is 10.9. The Kier molecular flexibility index (Phi) is 5.69. The Balaban J connectivity index is 1.68. The van der Waals surface area contributed by atoms with Crippen LogP contribution in [0.15, 0.2) is 18.2 Å². The van der Waals surface area contributed by atoms with Crippen LogP contribution >= 0.6 is 0 Å². The van der Waals surface area contributed by atoms with Crippen molar-refractivity contribution in [3.05, 3.63) is 46.5 Å². The first kappa shape index (κ1) is 19.7. The minimum absolute atomic E-state index is 0.0343. The van der Waals surface area contributed by atoms with Gasteiger partial charge in [0.05, 0.1) is 5.69 Å². The van der Waals surface area contributed by atoms with Gasteiger partial charge in [-0.2, -0.15) is 0 Å². The number of rotatable bonds is 5. The van der Waals surface area contributed by atoms with Gasteiger partial charge >= 0.3 is 0 Å². The molecular formula is C23H30N4O2. The van der Waals surface area contributed by atoms with E-state index in [4.69, 9.17) is 0 Å². The van der Waals surface area contributed by atoms with E-state index in [9.17, 15) is 9.59 Å². The zero-order chi connectivity index (χ0) is 20.4. The van der Waals surface area contributed by atoms with Crippen LogP contribution in [0, 0.1) is 0 Å². The molecule has 1 aromatic carbocycles. The van der Waals surface area contributed by atoms with E-state index >= 15 is 0 Å². The fraction of sp³-hybridized carbons (Fsp3) is 0.522. The number of hydrogen-bond acceptors (Lipinski definition) is 3. The molecule has 0 radical (unpaired) electrons. The number of nitrogens with one attached hydrogen (secondary N) is 1. The zero-order valence-corrected chi connectivity index (χ0v) is 17.5. The van der Waals surface area contributed by atoms with Gasteiger partial charge in [-0.1, -0.05) is 32.0 Å². The number of carbonyl (C=O) groups excluding carboxylic acids is 2. The molecule has 2 amide bonds. The van der Waals surface area contributed by atoms with Crippen LogP contribution in [0.1, 0.15) is 77.5 Å². The highest BCUT2D eigenvalue weighted by Crippen LogP contribution is 2.26. The maximum absolute atomic E-state index is 13.3. The number of amides is 2. The number of para-hydroxylation sites is 1. The first-order chi connectivity index (χ1) is 14.1. The van der Waals surface area contributed by atoms with Gasteiger partial charge in [0.25, 0.3) is 11.8 Å². The van der Waals surface area contributed by atoms with Gasteiger partial charge in [0, 0.05) is 25.3 Å². The van der Waals surface area contributed by atoms with Crippen molar-refractivity contribution in [1.29, 1.82) is 0 Å². The third-order valence-corrected chi connectivity index (χ3v) is 6.15. The number of hydrogen-bond donors (Lipinski definition) is 1. The van der Waals surface area contributed by atoms with E-state index < -0.39 is 0 Å². The van der Waals surface area contributed by atoms with E-state index in [2.05, 4.69) is 36.3 Å². The summed E-state index contributed by atoms with van der Waals surface area (Å²) in [6.07, 6.45) is 6.62. The number of aryl methyl sites for hydroxylation is 2. The smallest absolute Gasteiger partial charge is 0.289 e. The Morgan fingerprint density at radius 2 is 1.66 bits per heavy atom. The van der Waals surface area contributed by atoms with Gasteiger partial charge in [0.15, 0.2) is 11.5 Å². The molecule has 2 aliphatic rings. The van der Waals surface area contributed by atoms with Crippen LogP contribution in [0.5, 0.6) is 0 Å². The number of anilines is 1. The molecule has 0 atom stereocenters. The quantitative estimate of drug-likeness (QED) is 0.838. The lowest BCUT2D eigenvalue weighted by Crippen LogP contribution is -2.31. The van der Waals surface area contributed by atoms with Crippen LogP contribution in [0.25, 0.3) is 0 Å². The fourth-order valence-electron chi connectivity index (χ4n) is 4.53. The molecule has 2 aromatic rings. The summed E-state index contributed by atoms with van der Waals surface area (Å²) in [5.41, 5.74) is 4.47. The maximum atomic E-state index is 13.3. The zero-order valence-electron chi connectivity index (χ0n) is 17.5. The summed E-state index contributed by atoms with van der Waals surface area (Å²) in [5, 5.41) is 3.13. The van der Waals surface area contributed by atoms with Gasteiger partial charge in [-0.25, -0.2) is 4.98 Å². The molecule has 1 fully saturated rings. The lowest BCUT2D eigenvalue weighted by atomic mass is 10.0. The lowest BCUT2D eigenvalue weighted by Gasteiger charge is -2.19. The van der Waals surface area contributed by atoms with Crippen LogP contribution in [0.4, 0.5) is 5.69 Å². The molecular weight excluding hydrogens is 364 g/mol. The number of fused-ring (bicyclic) bond motifs is 1. The third kappa shape index (κ3) is 3.68. The van der Waals surface area contributed by atoms with Crippen molar-refractivity contribution < 1.29 is 9.59 Å². The van der Waals surface area contributed by atoms with Gasteiger partial charge in [-0.15, -0.1) is 0 Å². The largest absolute Gasteiger partial charge is 0.336 e. The summed E-state index contributed by atoms with van der Waals surface area (Å²) in [5.74, 6) is 0.200. The molecule has 0 bridgehead atoms. The molecule has 2 aliphatic heterocycles. The molecule has 0 spiro atoms. The second kappa shape index (κ2) is 8.39. The molecule has 154 valence electrons. The van der Waals surface area contributed by atoms with E-state index in [1.165, 1.54) is 0 Å². The van der Waals surface area contributed by atoms with Gasteiger partial charge in [-0.05, 0) is 56.1 Å². The van der Waals surface area contributed by atoms with Gasteiger partial charge < -0.3 is 14.8 Å². The van der Waals surface area contributed by atoms with Gasteiger partial charge in [0.1, 0.15) is 0 Å². The maximum Gasteiger partial charge on any atom is 0.289 e. The summed E-state index contributed by atoms with van der Waals surface area (Å²) in [4.78, 5) is 32.8. The molecule has 29 heavy (non-hydrogen) atoms. The summed E-state index contributed by atoms with van der Waals surface area (Å²) < 4.78 is 1.99. The van der Waals surface area contributed by atoms with Crippen LogP contribution < -0.4 is 5.32 Å². The highest BCUT2D eigenvalue weighted by atomic mass is 16.2. The molecule has 0 saturated carbocycles. The predicted molar refractivity (Wildman–Crippen MR) is 113 cm³/mol. The number of benzene rings is 1. The van der Waals surface area contributed by atoms with Crippen LogP contribution in [-0.2, 0) is 25.8 Å². The third-order valence-electron chi connectivity index (χ3n) is 6.15. The number of likely N-dealkylation sites (tertiary alicyclic amines) is 1. The Bertz CT molecular complexity index is 903. The molecule has 0 unspecified atom stereocenters.